The van der Waals surface area contributed by atoms with Crippen molar-refractivity contribution in [3.63, 3.8) is 0 Å². The van der Waals surface area contributed by atoms with E-state index in [9.17, 15) is 19.5 Å². The van der Waals surface area contributed by atoms with Crippen molar-refractivity contribution in [3.8, 4) is 5.88 Å². The third kappa shape index (κ3) is 4.90. The fourth-order valence-corrected chi connectivity index (χ4v) is 4.31. The summed E-state index contributed by atoms with van der Waals surface area (Å²) in [6.45, 7) is 8.64. The van der Waals surface area contributed by atoms with Gasteiger partial charge in [0.1, 0.15) is 5.65 Å². The first kappa shape index (κ1) is 23.3. The van der Waals surface area contributed by atoms with Gasteiger partial charge in [0, 0.05) is 43.8 Å². The van der Waals surface area contributed by atoms with E-state index in [-0.39, 0.29) is 35.2 Å². The molecule has 2 aromatic heterocycles. The summed E-state index contributed by atoms with van der Waals surface area (Å²) in [6, 6.07) is 0.0509. The number of ether oxygens (including phenoxy) is 1. The van der Waals surface area contributed by atoms with Crippen LogP contribution >= 0.6 is 0 Å². The van der Waals surface area contributed by atoms with Gasteiger partial charge in [-0.2, -0.15) is 9.61 Å². The summed E-state index contributed by atoms with van der Waals surface area (Å²) in [5.74, 6) is -1.10. The molecule has 180 valence electrons. The Morgan fingerprint density at radius 2 is 2.00 bits per heavy atom. The number of carbonyl (C=O) groups is 2. The molecule has 0 aromatic carbocycles. The molecule has 1 saturated heterocycles. The molecule has 2 amide bonds. The number of aromatic nitrogens is 3. The Morgan fingerprint density at radius 1 is 1.24 bits per heavy atom. The van der Waals surface area contributed by atoms with Crippen molar-refractivity contribution in [2.24, 2.45) is 11.8 Å². The normalized spacial score (nSPS) is 17.9. The SMILES string of the molecule is CC(C)Cn1c(O)c(C(=O)NC2CC2)c(=O)n2ncc(CC(C)C(=O)N3CCCOCC3)c12. The lowest BCUT2D eigenvalue weighted by molar-refractivity contribution is -0.135. The second-order valence-electron chi connectivity index (χ2n) is 9.56. The maximum absolute atomic E-state index is 13.1. The average Bonchev–Trinajstić information content (AvgIpc) is 3.53. The fourth-order valence-electron chi connectivity index (χ4n) is 4.31. The van der Waals surface area contributed by atoms with E-state index in [1.807, 2.05) is 25.7 Å². The van der Waals surface area contributed by atoms with Gasteiger partial charge in [-0.15, -0.1) is 0 Å². The van der Waals surface area contributed by atoms with Crippen molar-refractivity contribution in [2.45, 2.75) is 59.0 Å². The summed E-state index contributed by atoms with van der Waals surface area (Å²) in [5.41, 5.74) is 0.158. The summed E-state index contributed by atoms with van der Waals surface area (Å²) < 4.78 is 8.20. The van der Waals surface area contributed by atoms with Gasteiger partial charge >= 0.3 is 0 Å². The van der Waals surface area contributed by atoms with Crippen LogP contribution in [-0.4, -0.2) is 68.3 Å². The summed E-state index contributed by atoms with van der Waals surface area (Å²) in [5, 5.41) is 18.0. The molecular formula is C23H33N5O5. The molecule has 33 heavy (non-hydrogen) atoms. The smallest absolute Gasteiger partial charge is 0.291 e. The van der Waals surface area contributed by atoms with E-state index >= 15 is 0 Å². The predicted octanol–water partition coefficient (Wildman–Crippen LogP) is 1.18. The standard InChI is InChI=1S/C23H33N5O5/c1-14(2)13-27-20-16(11-15(3)21(30)26-7-4-9-33-10-8-26)12-24-28(20)23(32)18(22(27)31)19(29)25-17-5-6-17/h12,14-15,17,31H,4-11,13H2,1-3H3,(H,25,29). The molecule has 4 rings (SSSR count). The zero-order chi connectivity index (χ0) is 23.7. The van der Waals surface area contributed by atoms with E-state index in [1.165, 1.54) is 4.52 Å². The van der Waals surface area contributed by atoms with Crippen LogP contribution in [0, 0.1) is 11.8 Å². The first-order valence-corrected chi connectivity index (χ1v) is 11.8. The first-order valence-electron chi connectivity index (χ1n) is 11.8. The van der Waals surface area contributed by atoms with Crippen LogP contribution in [0.3, 0.4) is 0 Å². The van der Waals surface area contributed by atoms with Crippen molar-refractivity contribution in [1.82, 2.24) is 24.4 Å². The van der Waals surface area contributed by atoms with Crippen LogP contribution < -0.4 is 10.9 Å². The monoisotopic (exact) mass is 459 g/mol. The second-order valence-corrected chi connectivity index (χ2v) is 9.56. The van der Waals surface area contributed by atoms with Gasteiger partial charge in [0.25, 0.3) is 11.5 Å². The van der Waals surface area contributed by atoms with Crippen LogP contribution in [0.4, 0.5) is 0 Å². The molecule has 1 aliphatic carbocycles. The minimum atomic E-state index is -0.657. The number of fused-ring (bicyclic) bond motifs is 1. The fraction of sp³-hybridized carbons (Fsp3) is 0.652. The lowest BCUT2D eigenvalue weighted by Gasteiger charge is -2.23. The molecule has 10 heteroatoms. The highest BCUT2D eigenvalue weighted by molar-refractivity contribution is 5.96. The molecular weight excluding hydrogens is 426 g/mol. The molecule has 1 aliphatic heterocycles. The number of amides is 2. The highest BCUT2D eigenvalue weighted by Gasteiger charge is 2.31. The highest BCUT2D eigenvalue weighted by Crippen LogP contribution is 2.25. The second kappa shape index (κ2) is 9.54. The van der Waals surface area contributed by atoms with Crippen molar-refractivity contribution in [3.05, 3.63) is 27.7 Å². The number of hydrogen-bond acceptors (Lipinski definition) is 6. The molecule has 2 aliphatic rings. The predicted molar refractivity (Wildman–Crippen MR) is 121 cm³/mol. The van der Waals surface area contributed by atoms with Gasteiger partial charge in [0.15, 0.2) is 5.56 Å². The molecule has 0 spiro atoms. The Bertz CT molecular complexity index is 1090. The van der Waals surface area contributed by atoms with E-state index in [0.717, 1.165) is 19.3 Å². The van der Waals surface area contributed by atoms with Gasteiger partial charge in [-0.25, -0.2) is 0 Å². The topological polar surface area (TPSA) is 118 Å². The summed E-state index contributed by atoms with van der Waals surface area (Å²) in [4.78, 5) is 40.7. The Morgan fingerprint density at radius 3 is 2.70 bits per heavy atom. The maximum atomic E-state index is 13.1. The summed E-state index contributed by atoms with van der Waals surface area (Å²) >= 11 is 0. The lowest BCUT2D eigenvalue weighted by atomic mass is 10.0. The Balaban J connectivity index is 1.69. The van der Waals surface area contributed by atoms with Crippen LogP contribution in [0.2, 0.25) is 0 Å². The molecule has 1 atom stereocenters. The largest absolute Gasteiger partial charge is 0.494 e. The molecule has 2 aromatic rings. The van der Waals surface area contributed by atoms with Gasteiger partial charge in [0.05, 0.1) is 12.8 Å². The number of aromatic hydroxyl groups is 1. The molecule has 3 heterocycles. The number of rotatable bonds is 7. The van der Waals surface area contributed by atoms with Crippen LogP contribution in [0.1, 0.15) is 56.0 Å². The average molecular weight is 460 g/mol. The Kier molecular flexibility index (Phi) is 6.73. The van der Waals surface area contributed by atoms with Crippen LogP contribution in [0.15, 0.2) is 11.0 Å². The van der Waals surface area contributed by atoms with Crippen molar-refractivity contribution >= 4 is 17.5 Å². The number of carbonyl (C=O) groups excluding carboxylic acids is 2. The zero-order valence-electron chi connectivity index (χ0n) is 19.5. The molecule has 1 saturated carbocycles. The first-order chi connectivity index (χ1) is 15.8. The number of nitrogens with one attached hydrogen (secondary N) is 1. The van der Waals surface area contributed by atoms with Crippen molar-refractivity contribution in [2.75, 3.05) is 26.3 Å². The molecule has 0 radical (unpaired) electrons. The molecule has 0 bridgehead atoms. The third-order valence-corrected chi connectivity index (χ3v) is 6.13. The van der Waals surface area contributed by atoms with E-state index in [2.05, 4.69) is 10.4 Å². The molecule has 2 fully saturated rings. The van der Waals surface area contributed by atoms with E-state index in [1.54, 1.807) is 10.8 Å². The summed E-state index contributed by atoms with van der Waals surface area (Å²) in [7, 11) is 0. The highest BCUT2D eigenvalue weighted by atomic mass is 16.5. The maximum Gasteiger partial charge on any atom is 0.291 e. The third-order valence-electron chi connectivity index (χ3n) is 6.13. The minimum Gasteiger partial charge on any atom is -0.494 e. The van der Waals surface area contributed by atoms with E-state index in [4.69, 9.17) is 4.74 Å². The Labute approximate surface area is 192 Å². The van der Waals surface area contributed by atoms with Crippen LogP contribution in [0.5, 0.6) is 5.88 Å². The van der Waals surface area contributed by atoms with Crippen LogP contribution in [-0.2, 0) is 22.5 Å². The molecule has 1 unspecified atom stereocenters. The van der Waals surface area contributed by atoms with Crippen LogP contribution in [0.25, 0.3) is 5.65 Å². The van der Waals surface area contributed by atoms with Crippen molar-refractivity contribution < 1.29 is 19.4 Å². The van der Waals surface area contributed by atoms with Gasteiger partial charge in [-0.05, 0) is 31.6 Å². The molecule has 10 nitrogen and oxygen atoms in total. The number of nitrogens with zero attached hydrogens (tertiary/aromatic N) is 4. The lowest BCUT2D eigenvalue weighted by Crippen LogP contribution is -2.37. The molecule has 2 N–H and O–H groups in total. The Hall–Kier alpha value is -2.88. The van der Waals surface area contributed by atoms with Gasteiger partial charge in [-0.3, -0.25) is 19.0 Å². The van der Waals surface area contributed by atoms with E-state index in [0.29, 0.717) is 50.5 Å². The number of hydrogen-bond donors (Lipinski definition) is 2. The summed E-state index contributed by atoms with van der Waals surface area (Å²) in [6.07, 6.45) is 4.48. The van der Waals surface area contributed by atoms with Gasteiger partial charge < -0.3 is 20.1 Å². The van der Waals surface area contributed by atoms with E-state index < -0.39 is 11.5 Å². The van der Waals surface area contributed by atoms with Crippen molar-refractivity contribution in [1.29, 1.82) is 0 Å². The minimum absolute atomic E-state index is 0.0299. The quantitative estimate of drug-likeness (QED) is 0.642. The van der Waals surface area contributed by atoms with Gasteiger partial charge in [-0.1, -0.05) is 20.8 Å². The van der Waals surface area contributed by atoms with Gasteiger partial charge in [0.2, 0.25) is 11.8 Å². The zero-order valence-corrected chi connectivity index (χ0v) is 19.5.